The molecule has 0 spiro atoms. The van der Waals surface area contributed by atoms with Crippen LogP contribution in [-0.2, 0) is 10.8 Å². The molecule has 1 heterocycles. The smallest absolute Gasteiger partial charge is 0.128 e. The zero-order valence-corrected chi connectivity index (χ0v) is 54.3. The maximum absolute atomic E-state index is 5.14. The van der Waals surface area contributed by atoms with E-state index in [1.54, 1.807) is 0 Å². The first-order valence-corrected chi connectivity index (χ1v) is 36.9. The Balaban J connectivity index is 1.11. The largest absolute Gasteiger partial charge is 0.310 e. The minimum Gasteiger partial charge on any atom is -0.310 e. The van der Waals surface area contributed by atoms with Crippen molar-refractivity contribution in [2.75, 3.05) is 9.80 Å². The van der Waals surface area contributed by atoms with Crippen LogP contribution >= 0.6 is 0 Å². The quantitative estimate of drug-likeness (QED) is 0.0330. The summed E-state index contributed by atoms with van der Waals surface area (Å²) >= 11 is 0. The lowest BCUT2D eigenvalue weighted by molar-refractivity contribution is 0.401. The van der Waals surface area contributed by atoms with E-state index in [0.29, 0.717) is 0 Å². The van der Waals surface area contributed by atoms with Crippen molar-refractivity contribution in [2.24, 2.45) is 0 Å². The van der Waals surface area contributed by atoms with Crippen LogP contribution in [0.25, 0.3) is 27.8 Å². The fourth-order valence-corrected chi connectivity index (χ4v) is 17.2. The standard InChI is InChI=1S/C83H95N3Si/c1-7-11-15-32-54-82(55-33-16-12-8-2)77-59-64(46-50-72(77)74-52-48-70(61-79(74)82)85(66-37-23-19-24-38-66)67-39-25-20-26-40-67)76(63-87(5,6)81-45-31-36-58-84-81)65-47-51-73-75-53-49-71(86(68-41-27-21-28-42-68)69-43-29-22-30-44-69)62-80(75)83(78(73)60-65,56-34-17-13-9-3)57-35-18-14-10-4/h19-31,36-53,58-63H,7-18,32-35,54-57H2,1-6H3. The van der Waals surface area contributed by atoms with Gasteiger partial charge < -0.3 is 9.80 Å². The minimum absolute atomic E-state index is 0.146. The summed E-state index contributed by atoms with van der Waals surface area (Å²) in [5, 5.41) is 1.22. The molecule has 8 aromatic carbocycles. The average Bonchev–Trinajstić information content (AvgIpc) is 1.63. The van der Waals surface area contributed by atoms with Crippen LogP contribution in [0.2, 0.25) is 13.1 Å². The predicted octanol–water partition coefficient (Wildman–Crippen LogP) is 24.0. The first kappa shape index (κ1) is 61.1. The second-order valence-electron chi connectivity index (χ2n) is 25.9. The molecule has 2 aliphatic carbocycles. The van der Waals surface area contributed by atoms with Crippen LogP contribution < -0.4 is 15.1 Å². The van der Waals surface area contributed by atoms with E-state index in [9.17, 15) is 0 Å². The van der Waals surface area contributed by atoms with E-state index in [1.807, 2.05) is 6.20 Å². The van der Waals surface area contributed by atoms with Crippen molar-refractivity contribution in [1.29, 1.82) is 0 Å². The van der Waals surface area contributed by atoms with E-state index >= 15 is 0 Å². The summed E-state index contributed by atoms with van der Waals surface area (Å²) in [7, 11) is -2.33. The highest BCUT2D eigenvalue weighted by molar-refractivity contribution is 6.94. The van der Waals surface area contributed by atoms with Crippen molar-refractivity contribution >= 4 is 53.1 Å². The van der Waals surface area contributed by atoms with E-state index in [4.69, 9.17) is 4.98 Å². The second-order valence-corrected chi connectivity index (χ2v) is 30.1. The molecular formula is C83H95N3Si. The molecule has 0 N–H and O–H groups in total. The molecule has 9 aromatic rings. The van der Waals surface area contributed by atoms with Gasteiger partial charge in [-0.2, -0.15) is 0 Å². The summed E-state index contributed by atoms with van der Waals surface area (Å²) in [4.78, 5) is 10.1. The maximum Gasteiger partial charge on any atom is 0.128 e. The molecule has 0 saturated carbocycles. The van der Waals surface area contributed by atoms with Crippen molar-refractivity contribution in [1.82, 2.24) is 4.98 Å². The lowest BCUT2D eigenvalue weighted by Crippen LogP contribution is -2.41. The van der Waals surface area contributed by atoms with Crippen LogP contribution in [0.5, 0.6) is 0 Å². The zero-order valence-electron chi connectivity index (χ0n) is 53.3. The Morgan fingerprint density at radius 1 is 0.345 bits per heavy atom. The molecule has 3 nitrogen and oxygen atoms in total. The van der Waals surface area contributed by atoms with Gasteiger partial charge in [0.1, 0.15) is 8.07 Å². The van der Waals surface area contributed by atoms with E-state index in [2.05, 4.69) is 269 Å². The molecular weight excluding hydrogens is 1070 g/mol. The third kappa shape index (κ3) is 13.1. The minimum atomic E-state index is -2.33. The molecule has 0 atom stereocenters. The zero-order chi connectivity index (χ0) is 60.1. The Hall–Kier alpha value is -7.53. The van der Waals surface area contributed by atoms with Gasteiger partial charge in [0.25, 0.3) is 0 Å². The van der Waals surface area contributed by atoms with Gasteiger partial charge >= 0.3 is 0 Å². The number of hydrogen-bond acceptors (Lipinski definition) is 3. The van der Waals surface area contributed by atoms with Crippen molar-refractivity contribution in [3.8, 4) is 22.3 Å². The number of para-hydroxylation sites is 4. The van der Waals surface area contributed by atoms with Gasteiger partial charge in [0.2, 0.25) is 0 Å². The Bertz CT molecular complexity index is 3360. The predicted molar refractivity (Wildman–Crippen MR) is 378 cm³/mol. The number of fused-ring (bicyclic) bond motifs is 6. The first-order valence-electron chi connectivity index (χ1n) is 33.8. The number of pyridine rings is 1. The second kappa shape index (κ2) is 28.5. The summed E-state index contributed by atoms with van der Waals surface area (Å²) in [5.74, 6) is 0. The van der Waals surface area contributed by atoms with Crippen LogP contribution in [-0.4, -0.2) is 13.1 Å². The topological polar surface area (TPSA) is 19.4 Å². The van der Waals surface area contributed by atoms with Gasteiger partial charge in [0.15, 0.2) is 0 Å². The molecule has 11 rings (SSSR count). The van der Waals surface area contributed by atoms with Gasteiger partial charge in [-0.3, -0.25) is 4.98 Å². The SMILES string of the molecule is CCCCCCC1(CCCCCC)c2cc(C(=C[Si](C)(C)c3ccccn3)c3ccc4c(c3)C(CCCCCC)(CCCCCC)c3cc(N(c5ccccc5)c5ccccc5)ccc3-4)ccc2-c2ccc(N(c3ccccc3)c3ccccc3)cc21. The van der Waals surface area contributed by atoms with Crippen LogP contribution in [0, 0.1) is 0 Å². The summed E-state index contributed by atoms with van der Waals surface area (Å²) in [6.07, 6.45) is 26.4. The van der Waals surface area contributed by atoms with E-state index < -0.39 is 8.07 Å². The molecule has 0 amide bonds. The normalized spacial score (nSPS) is 13.4. The Kier molecular flexibility index (Phi) is 20.0. The molecule has 87 heavy (non-hydrogen) atoms. The number of nitrogens with zero attached hydrogens (tertiary/aromatic N) is 3. The number of rotatable bonds is 30. The summed E-state index contributed by atoms with van der Waals surface area (Å²) in [6, 6.07) is 81.1. The number of benzene rings is 8. The average molecular weight is 1160 g/mol. The number of unbranched alkanes of at least 4 members (excludes halogenated alkanes) is 12. The van der Waals surface area contributed by atoms with E-state index in [-0.39, 0.29) is 10.8 Å². The summed E-state index contributed by atoms with van der Waals surface area (Å²) < 4.78 is 0. The van der Waals surface area contributed by atoms with Crippen molar-refractivity contribution < 1.29 is 0 Å². The van der Waals surface area contributed by atoms with Gasteiger partial charge in [-0.25, -0.2) is 0 Å². The lowest BCUT2D eigenvalue weighted by atomic mass is 9.69. The van der Waals surface area contributed by atoms with E-state index in [0.717, 1.165) is 25.7 Å². The van der Waals surface area contributed by atoms with Crippen molar-refractivity contribution in [3.05, 3.63) is 258 Å². The van der Waals surface area contributed by atoms with Gasteiger partial charge in [-0.1, -0.05) is 264 Å². The van der Waals surface area contributed by atoms with Crippen molar-refractivity contribution in [3.63, 3.8) is 0 Å². The fourth-order valence-electron chi connectivity index (χ4n) is 15.0. The molecule has 2 aliphatic rings. The Labute approximate surface area is 524 Å². The van der Waals surface area contributed by atoms with Gasteiger partial charge in [-0.15, -0.1) is 0 Å². The molecule has 4 heteroatoms. The Morgan fingerprint density at radius 2 is 0.667 bits per heavy atom. The van der Waals surface area contributed by atoms with Crippen LogP contribution in [0.3, 0.4) is 0 Å². The fraction of sp³-hybridized carbons (Fsp3) is 0.337. The third-order valence-corrected chi connectivity index (χ3v) is 22.2. The molecule has 0 aliphatic heterocycles. The van der Waals surface area contributed by atoms with Gasteiger partial charge in [-0.05, 0) is 184 Å². The van der Waals surface area contributed by atoms with Gasteiger partial charge in [0.05, 0.1) is 0 Å². The van der Waals surface area contributed by atoms with Crippen molar-refractivity contribution in [2.45, 2.75) is 180 Å². The molecule has 0 bridgehead atoms. The lowest BCUT2D eigenvalue weighted by Gasteiger charge is -2.35. The number of aromatic nitrogens is 1. The molecule has 1 aromatic heterocycles. The highest BCUT2D eigenvalue weighted by Crippen LogP contribution is 2.59. The summed E-state index contributed by atoms with van der Waals surface area (Å²) in [5.41, 5.74) is 25.3. The molecule has 446 valence electrons. The van der Waals surface area contributed by atoms with Crippen LogP contribution in [0.15, 0.2) is 224 Å². The molecule has 0 unspecified atom stereocenters. The van der Waals surface area contributed by atoms with Gasteiger partial charge in [0, 0.05) is 56.5 Å². The van der Waals surface area contributed by atoms with Crippen LogP contribution in [0.1, 0.15) is 189 Å². The summed E-state index contributed by atoms with van der Waals surface area (Å²) in [6.45, 7) is 14.4. The maximum atomic E-state index is 5.14. The highest BCUT2D eigenvalue weighted by atomic mass is 28.3. The van der Waals surface area contributed by atoms with Crippen LogP contribution in [0.4, 0.5) is 34.1 Å². The first-order chi connectivity index (χ1) is 42.7. The van der Waals surface area contributed by atoms with E-state index in [1.165, 1.54) is 203 Å². The number of hydrogen-bond donors (Lipinski definition) is 0. The monoisotopic (exact) mass is 1160 g/mol. The third-order valence-electron chi connectivity index (χ3n) is 19.5. The number of anilines is 6. The molecule has 0 saturated heterocycles. The highest BCUT2D eigenvalue weighted by Gasteiger charge is 2.45. The molecule has 0 radical (unpaired) electrons. The Morgan fingerprint density at radius 3 is 0.989 bits per heavy atom. The molecule has 0 fully saturated rings.